The number of hydrogen-bond donors (Lipinski definition) is 1. The first-order valence-electron chi connectivity index (χ1n) is 7.25. The number of carbonyl (C=O) groups excluding carboxylic acids is 1. The van der Waals surface area contributed by atoms with E-state index >= 15 is 0 Å². The van der Waals surface area contributed by atoms with Crippen molar-refractivity contribution in [2.24, 2.45) is 11.0 Å². The van der Waals surface area contributed by atoms with E-state index in [1.807, 2.05) is 11.8 Å². The summed E-state index contributed by atoms with van der Waals surface area (Å²) in [5.74, 6) is -0.581. The molecule has 7 heteroatoms. The number of carbonyl (C=O) groups is 1. The van der Waals surface area contributed by atoms with Crippen molar-refractivity contribution < 1.29 is 13.9 Å². The van der Waals surface area contributed by atoms with E-state index in [0.29, 0.717) is 54.7 Å². The zero-order chi connectivity index (χ0) is 15.7. The summed E-state index contributed by atoms with van der Waals surface area (Å²) in [5, 5.41) is 4.39. The molecule has 0 spiro atoms. The number of amides is 1. The molecule has 1 amide bonds. The summed E-state index contributed by atoms with van der Waals surface area (Å²) >= 11 is 6.30. The van der Waals surface area contributed by atoms with Crippen molar-refractivity contribution in [3.8, 4) is 0 Å². The largest absolute Gasteiger partial charge is 0.378 e. The Morgan fingerprint density at radius 1 is 1.41 bits per heavy atom. The number of ether oxygens (including phenoxy) is 1. The summed E-state index contributed by atoms with van der Waals surface area (Å²) < 4.78 is 19.8. The maximum Gasteiger partial charge on any atom is 0.240 e. The van der Waals surface area contributed by atoms with E-state index in [2.05, 4.69) is 10.5 Å². The lowest BCUT2D eigenvalue weighted by Gasteiger charge is -2.30. The van der Waals surface area contributed by atoms with Crippen molar-refractivity contribution in [1.82, 2.24) is 5.43 Å². The zero-order valence-corrected chi connectivity index (χ0v) is 13.0. The lowest BCUT2D eigenvalue weighted by atomic mass is 9.94. The Bertz CT molecular complexity index is 606. The summed E-state index contributed by atoms with van der Waals surface area (Å²) in [6.45, 7) is 4.24. The number of benzene rings is 1. The van der Waals surface area contributed by atoms with Gasteiger partial charge in [0, 0.05) is 31.0 Å². The van der Waals surface area contributed by atoms with E-state index in [0.717, 1.165) is 0 Å². The maximum absolute atomic E-state index is 14.5. The third-order valence-electron chi connectivity index (χ3n) is 3.90. The monoisotopic (exact) mass is 325 g/mol. The molecule has 0 saturated carbocycles. The predicted octanol–water partition coefficient (Wildman–Crippen LogP) is 2.18. The van der Waals surface area contributed by atoms with Gasteiger partial charge in [0.25, 0.3) is 0 Å². The molecule has 0 aromatic heterocycles. The van der Waals surface area contributed by atoms with Crippen LogP contribution in [0.25, 0.3) is 0 Å². The Morgan fingerprint density at radius 3 is 2.77 bits per heavy atom. The Labute approximate surface area is 133 Å². The second kappa shape index (κ2) is 6.22. The van der Waals surface area contributed by atoms with E-state index in [1.165, 1.54) is 6.07 Å². The van der Waals surface area contributed by atoms with Gasteiger partial charge in [0.05, 0.1) is 29.6 Å². The van der Waals surface area contributed by atoms with Gasteiger partial charge in [0.2, 0.25) is 5.91 Å². The highest BCUT2D eigenvalue weighted by molar-refractivity contribution is 6.33. The number of hydrazone groups is 1. The normalized spacial score (nSPS) is 22.3. The van der Waals surface area contributed by atoms with Crippen LogP contribution >= 0.6 is 11.6 Å². The quantitative estimate of drug-likeness (QED) is 0.906. The predicted molar refractivity (Wildman–Crippen MR) is 82.9 cm³/mol. The van der Waals surface area contributed by atoms with E-state index in [-0.39, 0.29) is 17.6 Å². The average molecular weight is 326 g/mol. The van der Waals surface area contributed by atoms with Crippen LogP contribution in [0.15, 0.2) is 17.2 Å². The summed E-state index contributed by atoms with van der Waals surface area (Å²) in [7, 11) is 0. The molecule has 1 saturated heterocycles. The van der Waals surface area contributed by atoms with Crippen molar-refractivity contribution in [3.63, 3.8) is 0 Å². The smallest absolute Gasteiger partial charge is 0.240 e. The van der Waals surface area contributed by atoms with Gasteiger partial charge < -0.3 is 9.64 Å². The van der Waals surface area contributed by atoms with E-state index < -0.39 is 0 Å². The summed E-state index contributed by atoms with van der Waals surface area (Å²) in [6, 6.07) is 3.14. The fourth-order valence-corrected chi connectivity index (χ4v) is 3.13. The Hall–Kier alpha value is -1.66. The lowest BCUT2D eigenvalue weighted by molar-refractivity contribution is -0.121. The molecule has 2 aliphatic rings. The molecule has 0 aliphatic carbocycles. The van der Waals surface area contributed by atoms with Gasteiger partial charge in [-0.1, -0.05) is 18.5 Å². The van der Waals surface area contributed by atoms with Crippen molar-refractivity contribution in [2.45, 2.75) is 13.3 Å². The first kappa shape index (κ1) is 15.2. The van der Waals surface area contributed by atoms with Crippen LogP contribution < -0.4 is 10.3 Å². The molecule has 1 atom stereocenters. The van der Waals surface area contributed by atoms with Crippen molar-refractivity contribution in [3.05, 3.63) is 28.5 Å². The molecule has 1 fully saturated rings. The fraction of sp³-hybridized carbons (Fsp3) is 0.467. The highest BCUT2D eigenvalue weighted by atomic mass is 35.5. The molecule has 118 valence electrons. The van der Waals surface area contributed by atoms with Gasteiger partial charge in [-0.2, -0.15) is 5.10 Å². The fourth-order valence-electron chi connectivity index (χ4n) is 2.80. The van der Waals surface area contributed by atoms with Gasteiger partial charge in [0.15, 0.2) is 0 Å². The van der Waals surface area contributed by atoms with Crippen LogP contribution in [0.1, 0.15) is 18.9 Å². The third-order valence-corrected chi connectivity index (χ3v) is 4.19. The number of nitrogens with zero attached hydrogens (tertiary/aromatic N) is 2. The molecule has 1 unspecified atom stereocenters. The standard InChI is InChI=1S/C15H17ClFN3O2/c1-9-6-13(21)18-19-14(9)10-7-11(16)15(12(17)8-10)20-2-4-22-5-3-20/h7-9H,2-6H2,1H3,(H,18,21). The molecule has 1 aromatic rings. The van der Waals surface area contributed by atoms with Gasteiger partial charge >= 0.3 is 0 Å². The third kappa shape index (κ3) is 2.94. The molecule has 0 bridgehead atoms. The van der Waals surface area contributed by atoms with Crippen molar-refractivity contribution in [1.29, 1.82) is 0 Å². The highest BCUT2D eigenvalue weighted by Gasteiger charge is 2.25. The van der Waals surface area contributed by atoms with Gasteiger partial charge in [-0.3, -0.25) is 4.79 Å². The Balaban J connectivity index is 1.94. The van der Waals surface area contributed by atoms with Gasteiger partial charge in [-0.05, 0) is 12.1 Å². The SMILES string of the molecule is CC1CC(=O)NN=C1c1cc(F)c(N2CCOCC2)c(Cl)c1. The van der Waals surface area contributed by atoms with Crippen LogP contribution in [0.5, 0.6) is 0 Å². The Morgan fingerprint density at radius 2 is 2.14 bits per heavy atom. The summed E-state index contributed by atoms with van der Waals surface area (Å²) in [4.78, 5) is 13.2. The van der Waals surface area contributed by atoms with Crippen LogP contribution in [0.4, 0.5) is 10.1 Å². The molecule has 3 rings (SSSR count). The minimum Gasteiger partial charge on any atom is -0.378 e. The molecule has 2 aliphatic heterocycles. The second-order valence-corrected chi connectivity index (χ2v) is 5.93. The van der Waals surface area contributed by atoms with Crippen LogP contribution in [-0.2, 0) is 9.53 Å². The molecule has 5 nitrogen and oxygen atoms in total. The van der Waals surface area contributed by atoms with Gasteiger partial charge in [0.1, 0.15) is 5.82 Å². The number of hydrogen-bond acceptors (Lipinski definition) is 4. The Kier molecular flexibility index (Phi) is 4.31. The van der Waals surface area contributed by atoms with Crippen molar-refractivity contribution >= 4 is 28.9 Å². The topological polar surface area (TPSA) is 53.9 Å². The molecule has 22 heavy (non-hydrogen) atoms. The van der Waals surface area contributed by atoms with Gasteiger partial charge in [-0.25, -0.2) is 9.82 Å². The number of halogens is 2. The maximum atomic E-state index is 14.5. The molecule has 0 radical (unpaired) electrons. The van der Waals surface area contributed by atoms with E-state index in [9.17, 15) is 9.18 Å². The molecule has 1 N–H and O–H groups in total. The highest BCUT2D eigenvalue weighted by Crippen LogP contribution is 2.32. The van der Waals surface area contributed by atoms with E-state index in [4.69, 9.17) is 16.3 Å². The number of rotatable bonds is 2. The van der Waals surface area contributed by atoms with Crippen molar-refractivity contribution in [2.75, 3.05) is 31.2 Å². The number of nitrogens with one attached hydrogen (secondary N) is 1. The van der Waals surface area contributed by atoms with Gasteiger partial charge in [-0.15, -0.1) is 0 Å². The summed E-state index contributed by atoms with van der Waals surface area (Å²) in [6.07, 6.45) is 0.337. The average Bonchev–Trinajstić information content (AvgIpc) is 2.47. The number of morpholine rings is 1. The first-order valence-corrected chi connectivity index (χ1v) is 7.62. The number of anilines is 1. The first-order chi connectivity index (χ1) is 10.6. The lowest BCUT2D eigenvalue weighted by Crippen LogP contribution is -2.37. The molecular formula is C15H17ClFN3O2. The van der Waals surface area contributed by atoms with Crippen LogP contribution in [-0.4, -0.2) is 37.9 Å². The van der Waals surface area contributed by atoms with E-state index in [1.54, 1.807) is 6.07 Å². The van der Waals surface area contributed by atoms with Crippen LogP contribution in [0, 0.1) is 11.7 Å². The van der Waals surface area contributed by atoms with Crippen LogP contribution in [0.3, 0.4) is 0 Å². The zero-order valence-electron chi connectivity index (χ0n) is 12.2. The minimum atomic E-state index is -0.379. The molecule has 2 heterocycles. The second-order valence-electron chi connectivity index (χ2n) is 5.53. The minimum absolute atomic E-state index is 0.0709. The van der Waals surface area contributed by atoms with Crippen LogP contribution in [0.2, 0.25) is 5.02 Å². The molecular weight excluding hydrogens is 309 g/mol. The summed E-state index contributed by atoms with van der Waals surface area (Å²) in [5.41, 5.74) is 4.09. The molecule has 1 aromatic carbocycles.